The molecule has 1 amide bonds. The van der Waals surface area contributed by atoms with Gasteiger partial charge < -0.3 is 14.0 Å². The summed E-state index contributed by atoms with van der Waals surface area (Å²) in [6.45, 7) is 3.60. The number of thiophene rings is 1. The molecule has 4 aromatic rings. The van der Waals surface area contributed by atoms with Crippen molar-refractivity contribution in [2.45, 2.75) is 32.2 Å². The summed E-state index contributed by atoms with van der Waals surface area (Å²) in [6.07, 6.45) is 5.18. The minimum absolute atomic E-state index is 0.112. The molecule has 5 heterocycles. The van der Waals surface area contributed by atoms with Gasteiger partial charge in [0, 0.05) is 31.4 Å². The van der Waals surface area contributed by atoms with E-state index in [0.29, 0.717) is 37.0 Å². The molecule has 1 aliphatic heterocycles. The molecule has 5 rings (SSSR count). The Morgan fingerprint density at radius 3 is 2.97 bits per heavy atom. The molecular formula is C20H21N7O2S. The maximum Gasteiger partial charge on any atom is 0.278 e. The number of imidazole rings is 1. The first-order valence-electron chi connectivity index (χ1n) is 9.86. The number of piperidine rings is 1. The number of aryl methyl sites for hydroxylation is 1. The predicted octanol–water partition coefficient (Wildman–Crippen LogP) is 3.10. The van der Waals surface area contributed by atoms with Gasteiger partial charge in [0.25, 0.3) is 5.89 Å². The summed E-state index contributed by atoms with van der Waals surface area (Å²) in [6, 6.07) is 5.95. The van der Waals surface area contributed by atoms with Crippen LogP contribution >= 0.6 is 11.3 Å². The van der Waals surface area contributed by atoms with Crippen molar-refractivity contribution < 1.29 is 9.32 Å². The Labute approximate surface area is 176 Å². The Morgan fingerprint density at radius 2 is 2.23 bits per heavy atom. The Kier molecular flexibility index (Phi) is 4.91. The van der Waals surface area contributed by atoms with Crippen molar-refractivity contribution in [1.29, 1.82) is 0 Å². The van der Waals surface area contributed by atoms with E-state index in [9.17, 15) is 4.79 Å². The molecule has 0 unspecified atom stereocenters. The van der Waals surface area contributed by atoms with Gasteiger partial charge in [0.05, 0.1) is 10.6 Å². The highest BCUT2D eigenvalue weighted by Crippen LogP contribution is 2.29. The summed E-state index contributed by atoms with van der Waals surface area (Å²) in [5.41, 5.74) is 1.57. The van der Waals surface area contributed by atoms with Gasteiger partial charge in [-0.15, -0.1) is 11.3 Å². The molecule has 1 aliphatic rings. The van der Waals surface area contributed by atoms with Gasteiger partial charge in [-0.25, -0.2) is 4.98 Å². The number of amides is 1. The largest absolute Gasteiger partial charge is 0.341 e. The first-order valence-corrected chi connectivity index (χ1v) is 10.7. The van der Waals surface area contributed by atoms with Crippen LogP contribution < -0.4 is 0 Å². The van der Waals surface area contributed by atoms with Gasteiger partial charge in [-0.2, -0.15) is 10.1 Å². The lowest BCUT2D eigenvalue weighted by Gasteiger charge is -2.30. The smallest absolute Gasteiger partial charge is 0.278 e. The molecule has 10 heteroatoms. The third-order valence-corrected chi connectivity index (χ3v) is 6.37. The maximum absolute atomic E-state index is 12.6. The molecule has 9 nitrogen and oxygen atoms in total. The van der Waals surface area contributed by atoms with E-state index in [1.54, 1.807) is 17.5 Å². The molecule has 30 heavy (non-hydrogen) atoms. The fourth-order valence-corrected chi connectivity index (χ4v) is 4.39. The monoisotopic (exact) mass is 423 g/mol. The van der Waals surface area contributed by atoms with Crippen LogP contribution in [0.5, 0.6) is 0 Å². The van der Waals surface area contributed by atoms with Crippen LogP contribution in [0, 0.1) is 6.92 Å². The highest BCUT2D eigenvalue weighted by Gasteiger charge is 2.27. The van der Waals surface area contributed by atoms with Crippen LogP contribution in [0.15, 0.2) is 40.5 Å². The molecule has 0 spiro atoms. The van der Waals surface area contributed by atoms with E-state index in [2.05, 4.69) is 25.3 Å². The summed E-state index contributed by atoms with van der Waals surface area (Å²) in [7, 11) is 0. The van der Waals surface area contributed by atoms with Gasteiger partial charge in [-0.1, -0.05) is 11.2 Å². The van der Waals surface area contributed by atoms with Crippen LogP contribution in [0.3, 0.4) is 0 Å². The predicted molar refractivity (Wildman–Crippen MR) is 111 cm³/mol. The summed E-state index contributed by atoms with van der Waals surface area (Å²) in [5.74, 6) is 2.23. The third-order valence-electron chi connectivity index (χ3n) is 5.47. The van der Waals surface area contributed by atoms with Crippen molar-refractivity contribution in [2.75, 3.05) is 13.1 Å². The van der Waals surface area contributed by atoms with Crippen molar-refractivity contribution in [3.63, 3.8) is 0 Å². The molecule has 0 atom stereocenters. The fraction of sp³-hybridized carbons (Fsp3) is 0.350. The summed E-state index contributed by atoms with van der Waals surface area (Å²) < 4.78 is 7.33. The summed E-state index contributed by atoms with van der Waals surface area (Å²) in [4.78, 5) is 24.3. The number of hydrogen-bond donors (Lipinski definition) is 1. The van der Waals surface area contributed by atoms with E-state index in [0.717, 1.165) is 29.2 Å². The van der Waals surface area contributed by atoms with Crippen LogP contribution in [-0.2, 0) is 11.3 Å². The summed E-state index contributed by atoms with van der Waals surface area (Å²) in [5, 5.41) is 13.5. The second-order valence-corrected chi connectivity index (χ2v) is 8.31. The van der Waals surface area contributed by atoms with Crippen LogP contribution in [0.2, 0.25) is 0 Å². The zero-order valence-electron chi connectivity index (χ0n) is 16.5. The van der Waals surface area contributed by atoms with E-state index in [1.165, 1.54) is 0 Å². The highest BCUT2D eigenvalue weighted by molar-refractivity contribution is 7.13. The van der Waals surface area contributed by atoms with Gasteiger partial charge in [0.2, 0.25) is 5.91 Å². The Bertz CT molecular complexity index is 1140. The van der Waals surface area contributed by atoms with Gasteiger partial charge in [-0.05, 0) is 37.3 Å². The van der Waals surface area contributed by atoms with Crippen molar-refractivity contribution >= 4 is 17.2 Å². The van der Waals surface area contributed by atoms with Gasteiger partial charge >= 0.3 is 0 Å². The van der Waals surface area contributed by atoms with E-state index in [1.807, 2.05) is 46.2 Å². The lowest BCUT2D eigenvalue weighted by Crippen LogP contribution is -2.40. The number of hydrogen-bond acceptors (Lipinski definition) is 7. The number of nitrogens with zero attached hydrogens (tertiary/aromatic N) is 6. The average molecular weight is 424 g/mol. The minimum atomic E-state index is 0.112. The molecule has 154 valence electrons. The minimum Gasteiger partial charge on any atom is -0.341 e. The average Bonchev–Trinajstić information content (AvgIpc) is 3.55. The first-order chi connectivity index (χ1) is 14.7. The lowest BCUT2D eigenvalue weighted by molar-refractivity contribution is -0.132. The number of rotatable bonds is 5. The van der Waals surface area contributed by atoms with Gasteiger partial charge in [0.1, 0.15) is 12.4 Å². The number of nitrogens with one attached hydrogen (secondary N) is 1. The molecule has 1 N–H and O–H groups in total. The molecule has 4 aromatic heterocycles. The first kappa shape index (κ1) is 18.7. The van der Waals surface area contributed by atoms with Crippen molar-refractivity contribution in [3.8, 4) is 22.2 Å². The molecule has 1 fully saturated rings. The Hall–Kier alpha value is -3.27. The Balaban J connectivity index is 1.21. The SMILES string of the molecule is Cc1nccn1CC(=O)N1CCC(c2noc(-c3cc(-c4cccs4)[nH]n3)n2)CC1. The summed E-state index contributed by atoms with van der Waals surface area (Å²) >= 11 is 1.64. The highest BCUT2D eigenvalue weighted by atomic mass is 32.1. The van der Waals surface area contributed by atoms with E-state index in [4.69, 9.17) is 4.52 Å². The second kappa shape index (κ2) is 7.86. The lowest BCUT2D eigenvalue weighted by atomic mass is 9.96. The number of aromatic nitrogens is 6. The quantitative estimate of drug-likeness (QED) is 0.529. The zero-order valence-corrected chi connectivity index (χ0v) is 17.3. The standard InChI is InChI=1S/C20H21N7O2S/c1-13-21-6-9-27(13)12-18(28)26-7-4-14(5-8-26)19-22-20(29-25-19)16-11-15(23-24-16)17-3-2-10-30-17/h2-3,6,9-11,14H,4-5,7-8,12H2,1H3,(H,23,24). The third kappa shape index (κ3) is 3.65. The molecule has 1 saturated heterocycles. The number of aromatic amines is 1. The van der Waals surface area contributed by atoms with Gasteiger partial charge in [-0.3, -0.25) is 9.89 Å². The van der Waals surface area contributed by atoms with E-state index in [-0.39, 0.29) is 11.8 Å². The van der Waals surface area contributed by atoms with Crippen molar-refractivity contribution in [2.24, 2.45) is 0 Å². The van der Waals surface area contributed by atoms with Crippen molar-refractivity contribution in [3.05, 3.63) is 47.6 Å². The molecule has 0 bridgehead atoms. The number of carbonyl (C=O) groups is 1. The Morgan fingerprint density at radius 1 is 1.37 bits per heavy atom. The van der Waals surface area contributed by atoms with Crippen LogP contribution in [0.25, 0.3) is 22.2 Å². The number of carbonyl (C=O) groups excluding carboxylic acids is 1. The fourth-order valence-electron chi connectivity index (χ4n) is 3.70. The number of likely N-dealkylation sites (tertiary alicyclic amines) is 1. The molecular weight excluding hydrogens is 402 g/mol. The molecule has 0 radical (unpaired) electrons. The topological polar surface area (TPSA) is 106 Å². The van der Waals surface area contributed by atoms with Crippen LogP contribution in [-0.4, -0.2) is 53.8 Å². The number of H-pyrrole nitrogens is 1. The maximum atomic E-state index is 12.6. The second-order valence-electron chi connectivity index (χ2n) is 7.36. The molecule has 0 aliphatic carbocycles. The van der Waals surface area contributed by atoms with Gasteiger partial charge in [0.15, 0.2) is 11.5 Å². The molecule has 0 saturated carbocycles. The van der Waals surface area contributed by atoms with E-state index < -0.39 is 0 Å². The normalized spacial score (nSPS) is 15.0. The van der Waals surface area contributed by atoms with Crippen molar-refractivity contribution in [1.82, 2.24) is 34.8 Å². The van der Waals surface area contributed by atoms with Crippen LogP contribution in [0.4, 0.5) is 0 Å². The van der Waals surface area contributed by atoms with Crippen LogP contribution in [0.1, 0.15) is 30.4 Å². The molecule has 0 aromatic carbocycles. The van der Waals surface area contributed by atoms with E-state index >= 15 is 0 Å². The zero-order chi connectivity index (χ0) is 20.5.